The number of H-pyrrole nitrogens is 1. The van der Waals surface area contributed by atoms with Crippen molar-refractivity contribution in [3.05, 3.63) is 36.0 Å². The molecule has 0 unspecified atom stereocenters. The molecular formula is C16H23N3. The van der Waals surface area contributed by atoms with Gasteiger partial charge in [0.05, 0.1) is 0 Å². The Morgan fingerprint density at radius 1 is 1.26 bits per heavy atom. The third kappa shape index (κ3) is 2.99. The summed E-state index contributed by atoms with van der Waals surface area (Å²) >= 11 is 0. The van der Waals surface area contributed by atoms with Gasteiger partial charge >= 0.3 is 0 Å². The summed E-state index contributed by atoms with van der Waals surface area (Å²) < 4.78 is 0. The predicted octanol–water partition coefficient (Wildman–Crippen LogP) is 2.60. The first-order valence-electron chi connectivity index (χ1n) is 7.27. The molecule has 1 saturated heterocycles. The summed E-state index contributed by atoms with van der Waals surface area (Å²) in [7, 11) is 2.22. The molecule has 102 valence electrons. The second kappa shape index (κ2) is 5.76. The minimum Gasteiger partial charge on any atom is -0.361 e. The minimum atomic E-state index is 0.849. The van der Waals surface area contributed by atoms with Crippen molar-refractivity contribution < 1.29 is 0 Å². The van der Waals surface area contributed by atoms with Gasteiger partial charge in [-0.25, -0.2) is 0 Å². The topological polar surface area (TPSA) is 31.1 Å². The van der Waals surface area contributed by atoms with Gasteiger partial charge in [-0.3, -0.25) is 0 Å². The molecular weight excluding hydrogens is 234 g/mol. The van der Waals surface area contributed by atoms with E-state index in [1.165, 1.54) is 42.4 Å². The fourth-order valence-electron chi connectivity index (χ4n) is 2.98. The van der Waals surface area contributed by atoms with Crippen molar-refractivity contribution >= 4 is 10.9 Å². The highest BCUT2D eigenvalue weighted by molar-refractivity contribution is 5.82. The predicted molar refractivity (Wildman–Crippen MR) is 80.2 cm³/mol. The fraction of sp³-hybridized carbons (Fsp3) is 0.500. The van der Waals surface area contributed by atoms with E-state index in [0.29, 0.717) is 0 Å². The van der Waals surface area contributed by atoms with E-state index in [2.05, 4.69) is 46.5 Å². The lowest BCUT2D eigenvalue weighted by Crippen LogP contribution is -2.34. The first kappa shape index (κ1) is 12.7. The molecule has 1 aliphatic heterocycles. The Kier molecular flexibility index (Phi) is 3.85. The number of fused-ring (bicyclic) bond motifs is 1. The van der Waals surface area contributed by atoms with Gasteiger partial charge in [-0.15, -0.1) is 0 Å². The van der Waals surface area contributed by atoms with Gasteiger partial charge in [0, 0.05) is 23.6 Å². The molecule has 0 spiro atoms. The standard InChI is InChI=1S/C16H23N3/c1-19-9-6-13(7-10-19)11-17-12-14-3-2-4-16-15(14)5-8-18-16/h2-5,8,13,17-18H,6-7,9-12H2,1H3. The first-order chi connectivity index (χ1) is 9.33. The Labute approximate surface area is 115 Å². The van der Waals surface area contributed by atoms with Crippen LogP contribution in [0, 0.1) is 5.92 Å². The van der Waals surface area contributed by atoms with E-state index in [0.717, 1.165) is 19.0 Å². The van der Waals surface area contributed by atoms with Crippen LogP contribution in [0.5, 0.6) is 0 Å². The zero-order valence-corrected chi connectivity index (χ0v) is 11.7. The lowest BCUT2D eigenvalue weighted by atomic mass is 9.97. The molecule has 3 nitrogen and oxygen atoms in total. The molecule has 1 aliphatic rings. The largest absolute Gasteiger partial charge is 0.361 e. The van der Waals surface area contributed by atoms with E-state index in [4.69, 9.17) is 0 Å². The lowest BCUT2D eigenvalue weighted by Gasteiger charge is -2.29. The van der Waals surface area contributed by atoms with E-state index in [1.54, 1.807) is 0 Å². The van der Waals surface area contributed by atoms with Gasteiger partial charge in [0.1, 0.15) is 0 Å². The summed E-state index contributed by atoms with van der Waals surface area (Å²) in [6, 6.07) is 8.65. The number of rotatable bonds is 4. The van der Waals surface area contributed by atoms with Crippen LogP contribution < -0.4 is 5.32 Å². The Bertz CT molecular complexity index is 524. The molecule has 1 aromatic carbocycles. The van der Waals surface area contributed by atoms with Crippen LogP contribution >= 0.6 is 0 Å². The van der Waals surface area contributed by atoms with Crippen LogP contribution in [0.25, 0.3) is 10.9 Å². The maximum absolute atomic E-state index is 3.64. The Balaban J connectivity index is 1.53. The highest BCUT2D eigenvalue weighted by Gasteiger charge is 2.15. The third-order valence-corrected chi connectivity index (χ3v) is 4.27. The number of likely N-dealkylation sites (tertiary alicyclic amines) is 1. The quantitative estimate of drug-likeness (QED) is 0.882. The fourth-order valence-corrected chi connectivity index (χ4v) is 2.98. The molecule has 0 radical (unpaired) electrons. The van der Waals surface area contributed by atoms with Crippen molar-refractivity contribution in [2.24, 2.45) is 5.92 Å². The highest BCUT2D eigenvalue weighted by Crippen LogP contribution is 2.18. The average Bonchev–Trinajstić information content (AvgIpc) is 2.90. The van der Waals surface area contributed by atoms with E-state index in [-0.39, 0.29) is 0 Å². The Morgan fingerprint density at radius 3 is 2.95 bits per heavy atom. The average molecular weight is 257 g/mol. The second-order valence-corrected chi connectivity index (χ2v) is 5.73. The molecule has 2 N–H and O–H groups in total. The van der Waals surface area contributed by atoms with Crippen LogP contribution in [0.15, 0.2) is 30.5 Å². The number of benzene rings is 1. The first-order valence-corrected chi connectivity index (χ1v) is 7.27. The molecule has 2 heterocycles. The Hall–Kier alpha value is -1.32. The van der Waals surface area contributed by atoms with Crippen LogP contribution in [0.3, 0.4) is 0 Å². The summed E-state index contributed by atoms with van der Waals surface area (Å²) in [5.41, 5.74) is 2.63. The van der Waals surface area contributed by atoms with Gasteiger partial charge in [-0.2, -0.15) is 0 Å². The van der Waals surface area contributed by atoms with E-state index in [1.807, 2.05) is 6.20 Å². The van der Waals surface area contributed by atoms with Crippen LogP contribution in [-0.2, 0) is 6.54 Å². The smallest absolute Gasteiger partial charge is 0.0457 e. The molecule has 0 aliphatic carbocycles. The molecule has 0 amide bonds. The third-order valence-electron chi connectivity index (χ3n) is 4.27. The molecule has 1 fully saturated rings. The van der Waals surface area contributed by atoms with Crippen LogP contribution in [-0.4, -0.2) is 36.6 Å². The lowest BCUT2D eigenvalue weighted by molar-refractivity contribution is 0.216. The molecule has 19 heavy (non-hydrogen) atoms. The summed E-state index contributed by atoms with van der Waals surface area (Å²) in [6.45, 7) is 4.62. The monoisotopic (exact) mass is 257 g/mol. The van der Waals surface area contributed by atoms with Gasteiger partial charge in [-0.05, 0) is 63.1 Å². The SMILES string of the molecule is CN1CCC(CNCc2cccc3[nH]ccc23)CC1. The maximum Gasteiger partial charge on any atom is 0.0457 e. The van der Waals surface area contributed by atoms with Gasteiger partial charge in [0.2, 0.25) is 0 Å². The number of nitrogens with one attached hydrogen (secondary N) is 2. The summed E-state index contributed by atoms with van der Waals surface area (Å²) in [5.74, 6) is 0.849. The van der Waals surface area contributed by atoms with Crippen LogP contribution in [0.4, 0.5) is 0 Å². The van der Waals surface area contributed by atoms with Crippen molar-refractivity contribution in [3.8, 4) is 0 Å². The summed E-state index contributed by atoms with van der Waals surface area (Å²) in [5, 5.41) is 4.98. The van der Waals surface area contributed by atoms with Gasteiger partial charge in [-0.1, -0.05) is 12.1 Å². The van der Waals surface area contributed by atoms with Crippen molar-refractivity contribution in [1.29, 1.82) is 0 Å². The van der Waals surface area contributed by atoms with Crippen molar-refractivity contribution in [2.45, 2.75) is 19.4 Å². The van der Waals surface area contributed by atoms with Crippen molar-refractivity contribution in [3.63, 3.8) is 0 Å². The molecule has 0 saturated carbocycles. The zero-order chi connectivity index (χ0) is 13.1. The molecule has 1 aromatic heterocycles. The van der Waals surface area contributed by atoms with E-state index in [9.17, 15) is 0 Å². The van der Waals surface area contributed by atoms with Crippen LogP contribution in [0.1, 0.15) is 18.4 Å². The number of nitrogens with zero attached hydrogens (tertiary/aromatic N) is 1. The number of hydrogen-bond donors (Lipinski definition) is 2. The van der Waals surface area contributed by atoms with E-state index < -0.39 is 0 Å². The second-order valence-electron chi connectivity index (χ2n) is 5.73. The number of aromatic nitrogens is 1. The molecule has 3 rings (SSSR count). The normalized spacial score (nSPS) is 18.2. The molecule has 0 atom stereocenters. The van der Waals surface area contributed by atoms with Crippen LogP contribution in [0.2, 0.25) is 0 Å². The summed E-state index contributed by atoms with van der Waals surface area (Å²) in [4.78, 5) is 5.70. The van der Waals surface area contributed by atoms with Crippen molar-refractivity contribution in [2.75, 3.05) is 26.7 Å². The molecule has 0 bridgehead atoms. The Morgan fingerprint density at radius 2 is 2.11 bits per heavy atom. The van der Waals surface area contributed by atoms with Crippen molar-refractivity contribution in [1.82, 2.24) is 15.2 Å². The van der Waals surface area contributed by atoms with Gasteiger partial charge in [0.25, 0.3) is 0 Å². The van der Waals surface area contributed by atoms with Gasteiger partial charge in [0.15, 0.2) is 0 Å². The molecule has 2 aromatic rings. The summed E-state index contributed by atoms with van der Waals surface area (Å²) in [6.07, 6.45) is 4.68. The number of piperidine rings is 1. The van der Waals surface area contributed by atoms with E-state index >= 15 is 0 Å². The number of hydrogen-bond acceptors (Lipinski definition) is 2. The number of aromatic amines is 1. The van der Waals surface area contributed by atoms with Gasteiger partial charge < -0.3 is 15.2 Å². The zero-order valence-electron chi connectivity index (χ0n) is 11.7. The highest BCUT2D eigenvalue weighted by atomic mass is 15.1. The maximum atomic E-state index is 3.64. The minimum absolute atomic E-state index is 0.849. The molecule has 3 heteroatoms.